The Morgan fingerprint density at radius 3 is 2.47 bits per heavy atom. The maximum Gasteiger partial charge on any atom is 0.331 e. The van der Waals surface area contributed by atoms with Gasteiger partial charge in [-0.25, -0.2) is 9.18 Å². The third-order valence-electron chi connectivity index (χ3n) is 2.57. The van der Waals surface area contributed by atoms with E-state index in [1.807, 2.05) is 0 Å². The molecule has 98 valence electrons. The number of benzene rings is 1. The highest BCUT2D eigenvalue weighted by molar-refractivity contribution is 6.08. The standard InChI is InChI=1S/C13H11FN2O3/c1-7(8(2)13(18)19)12(17)16-10-3-4-11(14)9(5-10)6-15/h3-5H,1-2H3,(H,16,17)(H,18,19). The fourth-order valence-electron chi connectivity index (χ4n) is 1.24. The van der Waals surface area contributed by atoms with E-state index in [4.69, 9.17) is 10.4 Å². The van der Waals surface area contributed by atoms with E-state index in [1.54, 1.807) is 6.07 Å². The van der Waals surface area contributed by atoms with Crippen LogP contribution in [0.4, 0.5) is 10.1 Å². The molecule has 0 aromatic heterocycles. The minimum absolute atomic E-state index is 0.0373. The molecule has 0 bridgehead atoms. The maximum absolute atomic E-state index is 13.1. The first-order chi connectivity index (χ1) is 8.86. The molecule has 1 aromatic carbocycles. The highest BCUT2D eigenvalue weighted by Gasteiger charge is 2.13. The molecule has 5 nitrogen and oxygen atoms in total. The molecule has 2 N–H and O–H groups in total. The SMILES string of the molecule is CC(C(=O)O)=C(C)C(=O)Nc1ccc(F)c(C#N)c1. The molecule has 0 fully saturated rings. The van der Waals surface area contributed by atoms with E-state index in [0.29, 0.717) is 0 Å². The van der Waals surface area contributed by atoms with E-state index in [0.717, 1.165) is 6.07 Å². The molecule has 0 saturated heterocycles. The van der Waals surface area contributed by atoms with Crippen LogP contribution in [-0.4, -0.2) is 17.0 Å². The molecule has 1 rings (SSSR count). The number of nitrogens with one attached hydrogen (secondary N) is 1. The molecule has 0 aliphatic carbocycles. The van der Waals surface area contributed by atoms with Crippen LogP contribution in [0.1, 0.15) is 19.4 Å². The highest BCUT2D eigenvalue weighted by atomic mass is 19.1. The Bertz CT molecular complexity index is 615. The molecular formula is C13H11FN2O3. The van der Waals surface area contributed by atoms with E-state index in [9.17, 15) is 14.0 Å². The van der Waals surface area contributed by atoms with Crippen LogP contribution in [0, 0.1) is 17.1 Å². The Labute approximate surface area is 109 Å². The number of aliphatic carboxylic acids is 1. The zero-order valence-corrected chi connectivity index (χ0v) is 10.3. The quantitative estimate of drug-likeness (QED) is 0.816. The number of carboxylic acid groups (broad SMARTS) is 1. The first-order valence-corrected chi connectivity index (χ1v) is 5.28. The van der Waals surface area contributed by atoms with Gasteiger partial charge in [-0.1, -0.05) is 0 Å². The summed E-state index contributed by atoms with van der Waals surface area (Å²) in [4.78, 5) is 22.4. The molecule has 1 amide bonds. The number of carbonyl (C=O) groups excluding carboxylic acids is 1. The van der Waals surface area contributed by atoms with E-state index >= 15 is 0 Å². The largest absolute Gasteiger partial charge is 0.478 e. The monoisotopic (exact) mass is 262 g/mol. The molecule has 0 atom stereocenters. The van der Waals surface area contributed by atoms with E-state index in [-0.39, 0.29) is 22.4 Å². The van der Waals surface area contributed by atoms with Gasteiger partial charge in [0.25, 0.3) is 5.91 Å². The van der Waals surface area contributed by atoms with Crippen molar-refractivity contribution in [2.24, 2.45) is 0 Å². The lowest BCUT2D eigenvalue weighted by atomic mass is 10.1. The maximum atomic E-state index is 13.1. The van der Waals surface area contributed by atoms with Crippen LogP contribution in [0.2, 0.25) is 0 Å². The molecule has 19 heavy (non-hydrogen) atoms. The van der Waals surface area contributed by atoms with Gasteiger partial charge in [0.2, 0.25) is 0 Å². The van der Waals surface area contributed by atoms with Crippen molar-refractivity contribution in [3.63, 3.8) is 0 Å². The smallest absolute Gasteiger partial charge is 0.331 e. The lowest BCUT2D eigenvalue weighted by Gasteiger charge is -2.07. The summed E-state index contributed by atoms with van der Waals surface area (Å²) in [6.07, 6.45) is 0. The number of nitrogens with zero attached hydrogens (tertiary/aromatic N) is 1. The van der Waals surface area contributed by atoms with Gasteiger partial charge in [-0.3, -0.25) is 4.79 Å². The predicted octanol–water partition coefficient (Wildman–Crippen LogP) is 2.06. The first kappa shape index (κ1) is 14.4. The van der Waals surface area contributed by atoms with E-state index in [2.05, 4.69) is 5.32 Å². The van der Waals surface area contributed by atoms with Gasteiger partial charge in [-0.05, 0) is 32.0 Å². The molecule has 0 unspecified atom stereocenters. The Kier molecular flexibility index (Phi) is 4.37. The van der Waals surface area contributed by atoms with E-state index in [1.165, 1.54) is 26.0 Å². The second-order valence-corrected chi connectivity index (χ2v) is 3.82. The number of halogens is 1. The third-order valence-corrected chi connectivity index (χ3v) is 2.57. The number of hydrogen-bond acceptors (Lipinski definition) is 3. The zero-order chi connectivity index (χ0) is 14.6. The number of nitriles is 1. The average molecular weight is 262 g/mol. The molecule has 0 spiro atoms. The number of carbonyl (C=O) groups is 2. The van der Waals surface area contributed by atoms with Crippen LogP contribution in [0.5, 0.6) is 0 Å². The first-order valence-electron chi connectivity index (χ1n) is 5.28. The minimum atomic E-state index is -1.19. The summed E-state index contributed by atoms with van der Waals surface area (Å²) in [6, 6.07) is 5.17. The molecule has 1 aromatic rings. The van der Waals surface area contributed by atoms with E-state index < -0.39 is 17.7 Å². The second-order valence-electron chi connectivity index (χ2n) is 3.82. The van der Waals surface area contributed by atoms with Gasteiger partial charge in [0.15, 0.2) is 0 Å². The normalized spacial score (nSPS) is 11.3. The van der Waals surface area contributed by atoms with Crippen LogP contribution in [0.3, 0.4) is 0 Å². The highest BCUT2D eigenvalue weighted by Crippen LogP contribution is 2.15. The molecule has 0 saturated carbocycles. The number of hydrogen-bond donors (Lipinski definition) is 2. The van der Waals surface area contributed by atoms with Crippen LogP contribution < -0.4 is 5.32 Å². The van der Waals surface area contributed by atoms with Gasteiger partial charge in [-0.15, -0.1) is 0 Å². The minimum Gasteiger partial charge on any atom is -0.478 e. The number of anilines is 1. The van der Waals surface area contributed by atoms with Gasteiger partial charge in [0.05, 0.1) is 5.56 Å². The van der Waals surface area contributed by atoms with Gasteiger partial charge < -0.3 is 10.4 Å². The zero-order valence-electron chi connectivity index (χ0n) is 10.3. The van der Waals surface area contributed by atoms with Gasteiger partial charge >= 0.3 is 5.97 Å². The number of rotatable bonds is 3. The lowest BCUT2D eigenvalue weighted by molar-refractivity contribution is -0.133. The molecule has 0 aliphatic rings. The van der Waals surface area contributed by atoms with Gasteiger partial charge in [0, 0.05) is 16.8 Å². The van der Waals surface area contributed by atoms with Crippen molar-refractivity contribution in [2.45, 2.75) is 13.8 Å². The van der Waals surface area contributed by atoms with Crippen molar-refractivity contribution in [2.75, 3.05) is 5.32 Å². The van der Waals surface area contributed by atoms with Gasteiger partial charge in [0.1, 0.15) is 11.9 Å². The average Bonchev–Trinajstić information content (AvgIpc) is 2.38. The summed E-state index contributed by atoms with van der Waals surface area (Å²) >= 11 is 0. The summed E-state index contributed by atoms with van der Waals surface area (Å²) < 4.78 is 13.1. The fraction of sp³-hybridized carbons (Fsp3) is 0.154. The van der Waals surface area contributed by atoms with Crippen LogP contribution >= 0.6 is 0 Å². The second kappa shape index (κ2) is 5.78. The van der Waals surface area contributed by atoms with Crippen LogP contribution in [0.25, 0.3) is 0 Å². The Morgan fingerprint density at radius 2 is 1.95 bits per heavy atom. The predicted molar refractivity (Wildman–Crippen MR) is 65.8 cm³/mol. The molecule has 6 heteroatoms. The van der Waals surface area contributed by atoms with Crippen LogP contribution in [0.15, 0.2) is 29.3 Å². The summed E-state index contributed by atoms with van der Waals surface area (Å²) in [5.74, 6) is -2.49. The molecular weight excluding hydrogens is 251 g/mol. The summed E-state index contributed by atoms with van der Waals surface area (Å²) in [6.45, 7) is 2.68. The van der Waals surface area contributed by atoms with Crippen LogP contribution in [-0.2, 0) is 9.59 Å². The summed E-state index contributed by atoms with van der Waals surface area (Å²) in [5.41, 5.74) is -0.0228. The third kappa shape index (κ3) is 3.39. The van der Waals surface area contributed by atoms with Crippen molar-refractivity contribution in [3.05, 3.63) is 40.7 Å². The van der Waals surface area contributed by atoms with Crippen molar-refractivity contribution in [1.82, 2.24) is 0 Å². The summed E-state index contributed by atoms with van der Waals surface area (Å²) in [5, 5.41) is 19.8. The van der Waals surface area contributed by atoms with Gasteiger partial charge in [-0.2, -0.15) is 5.26 Å². The Balaban J connectivity index is 2.99. The number of amides is 1. The summed E-state index contributed by atoms with van der Waals surface area (Å²) in [7, 11) is 0. The number of carboxylic acids is 1. The molecule has 0 radical (unpaired) electrons. The van der Waals surface area contributed by atoms with Crippen molar-refractivity contribution in [1.29, 1.82) is 5.26 Å². The molecule has 0 heterocycles. The van der Waals surface area contributed by atoms with Crippen molar-refractivity contribution >= 4 is 17.6 Å². The Hall–Kier alpha value is -2.68. The van der Waals surface area contributed by atoms with Crippen molar-refractivity contribution in [3.8, 4) is 6.07 Å². The van der Waals surface area contributed by atoms with Crippen molar-refractivity contribution < 1.29 is 19.1 Å². The lowest BCUT2D eigenvalue weighted by Crippen LogP contribution is -2.16. The fourth-order valence-corrected chi connectivity index (χ4v) is 1.24. The topological polar surface area (TPSA) is 90.2 Å². The Morgan fingerprint density at radius 1 is 1.32 bits per heavy atom. The molecule has 0 aliphatic heterocycles.